The monoisotopic (exact) mass is 249 g/mol. The van der Waals surface area contributed by atoms with Crippen LogP contribution in [0.4, 0.5) is 17.1 Å². The molecular weight excluding hydrogens is 226 g/mol. The molecular formula is C14H23N3O. The molecule has 0 atom stereocenters. The molecule has 4 nitrogen and oxygen atoms in total. The molecule has 18 heavy (non-hydrogen) atoms. The Morgan fingerprint density at radius 2 is 2.11 bits per heavy atom. The van der Waals surface area contributed by atoms with Crippen molar-refractivity contribution in [2.75, 3.05) is 31.3 Å². The van der Waals surface area contributed by atoms with E-state index in [1.165, 1.54) is 0 Å². The molecule has 2 N–H and O–H groups in total. The van der Waals surface area contributed by atoms with Gasteiger partial charge in [0.2, 0.25) is 0 Å². The first-order valence-corrected chi connectivity index (χ1v) is 6.18. The van der Waals surface area contributed by atoms with Gasteiger partial charge in [-0.2, -0.15) is 0 Å². The highest BCUT2D eigenvalue weighted by Gasteiger charge is 2.12. The van der Waals surface area contributed by atoms with E-state index in [9.17, 15) is 0 Å². The number of nitrogens with zero attached hydrogens (tertiary/aromatic N) is 1. The Morgan fingerprint density at radius 3 is 2.67 bits per heavy atom. The minimum Gasteiger partial charge on any atom is -0.388 e. The average Bonchev–Trinajstić information content (AvgIpc) is 2.38. The summed E-state index contributed by atoms with van der Waals surface area (Å²) in [5.74, 6) is 0. The van der Waals surface area contributed by atoms with Crippen LogP contribution in [0.3, 0.4) is 0 Å². The lowest BCUT2D eigenvalue weighted by molar-refractivity contribution is 0.0872. The molecule has 0 aliphatic rings. The molecule has 0 radical (unpaired) electrons. The van der Waals surface area contributed by atoms with Gasteiger partial charge in [-0.15, -0.1) is 0 Å². The topological polar surface area (TPSA) is 45.7 Å². The smallest absolute Gasteiger partial charge is 0.0972 e. The maximum atomic E-state index is 5.33. The van der Waals surface area contributed by atoms with Crippen molar-refractivity contribution in [3.63, 3.8) is 0 Å². The van der Waals surface area contributed by atoms with Gasteiger partial charge >= 0.3 is 0 Å². The van der Waals surface area contributed by atoms with Gasteiger partial charge < -0.3 is 15.4 Å². The lowest BCUT2D eigenvalue weighted by atomic mass is 10.1. The van der Waals surface area contributed by atoms with Crippen LogP contribution in [0, 0.1) is 0 Å². The molecule has 0 unspecified atom stereocenters. The van der Waals surface area contributed by atoms with Crippen LogP contribution in [-0.2, 0) is 4.74 Å². The molecule has 0 bridgehead atoms. The van der Waals surface area contributed by atoms with E-state index in [2.05, 4.69) is 22.5 Å². The fourth-order valence-corrected chi connectivity index (χ4v) is 1.41. The zero-order valence-electron chi connectivity index (χ0n) is 11.9. The van der Waals surface area contributed by atoms with E-state index >= 15 is 0 Å². The zero-order valence-corrected chi connectivity index (χ0v) is 11.9. The summed E-state index contributed by atoms with van der Waals surface area (Å²) in [7, 11) is 3.58. The van der Waals surface area contributed by atoms with E-state index in [0.717, 1.165) is 23.6 Å². The highest BCUT2D eigenvalue weighted by molar-refractivity contribution is 5.78. The molecule has 0 fully saturated rings. The second-order valence-electron chi connectivity index (χ2n) is 4.58. The molecule has 1 aromatic carbocycles. The second kappa shape index (κ2) is 6.40. The predicted octanol–water partition coefficient (Wildman–Crippen LogP) is 3.29. The van der Waals surface area contributed by atoms with Crippen LogP contribution in [0.15, 0.2) is 23.2 Å². The minimum absolute atomic E-state index is 0.362. The van der Waals surface area contributed by atoms with Crippen LogP contribution in [0.2, 0.25) is 0 Å². The minimum atomic E-state index is -0.362. The van der Waals surface area contributed by atoms with Crippen molar-refractivity contribution in [1.29, 1.82) is 0 Å². The molecule has 0 aromatic heterocycles. The fraction of sp³-hybridized carbons (Fsp3) is 0.500. The van der Waals surface area contributed by atoms with Crippen molar-refractivity contribution in [1.82, 2.24) is 0 Å². The number of hydrogen-bond acceptors (Lipinski definition) is 4. The van der Waals surface area contributed by atoms with E-state index in [0.29, 0.717) is 0 Å². The molecule has 1 rings (SSSR count). The van der Waals surface area contributed by atoms with Crippen molar-refractivity contribution in [2.24, 2.45) is 4.99 Å². The molecule has 0 aliphatic heterocycles. The van der Waals surface area contributed by atoms with Crippen LogP contribution < -0.4 is 10.6 Å². The molecule has 100 valence electrons. The summed E-state index contributed by atoms with van der Waals surface area (Å²) in [4.78, 5) is 4.52. The van der Waals surface area contributed by atoms with Gasteiger partial charge in [0.15, 0.2) is 0 Å². The first kappa shape index (κ1) is 14.5. The van der Waals surface area contributed by atoms with Crippen molar-refractivity contribution in [2.45, 2.75) is 26.4 Å². The van der Waals surface area contributed by atoms with Crippen molar-refractivity contribution < 1.29 is 4.74 Å². The van der Waals surface area contributed by atoms with Gasteiger partial charge in [0.25, 0.3) is 0 Å². The van der Waals surface area contributed by atoms with Gasteiger partial charge in [-0.1, -0.05) is 0 Å². The fourth-order valence-electron chi connectivity index (χ4n) is 1.41. The average molecular weight is 249 g/mol. The van der Waals surface area contributed by atoms with Gasteiger partial charge in [0.05, 0.1) is 17.0 Å². The Morgan fingerprint density at radius 1 is 1.39 bits per heavy atom. The molecule has 0 heterocycles. The van der Waals surface area contributed by atoms with Crippen LogP contribution in [-0.4, -0.2) is 32.5 Å². The van der Waals surface area contributed by atoms with E-state index < -0.39 is 0 Å². The van der Waals surface area contributed by atoms with Gasteiger partial charge in [-0.3, -0.25) is 4.99 Å². The van der Waals surface area contributed by atoms with E-state index in [4.69, 9.17) is 4.74 Å². The first-order valence-electron chi connectivity index (χ1n) is 6.18. The SMILES string of the molecule is CCNc1ccc(NC)cc1N=CC(C)(C)OC. The molecule has 1 aromatic rings. The van der Waals surface area contributed by atoms with Crippen molar-refractivity contribution in [3.05, 3.63) is 18.2 Å². The molecule has 0 spiro atoms. The third kappa shape index (κ3) is 4.04. The standard InChI is InChI=1S/C14H23N3O/c1-6-16-12-8-7-11(15-4)9-13(12)17-10-14(2,3)18-5/h7-10,15-16H,6H2,1-5H3. The lowest BCUT2D eigenvalue weighted by Gasteiger charge is -2.17. The van der Waals surface area contributed by atoms with Crippen molar-refractivity contribution >= 4 is 23.3 Å². The quantitative estimate of drug-likeness (QED) is 0.760. The maximum Gasteiger partial charge on any atom is 0.0972 e. The Balaban J connectivity index is 3.03. The molecule has 0 saturated heterocycles. The van der Waals surface area contributed by atoms with Crippen LogP contribution in [0.5, 0.6) is 0 Å². The van der Waals surface area contributed by atoms with Gasteiger partial charge in [-0.05, 0) is 39.0 Å². The molecule has 4 heteroatoms. The number of nitrogens with one attached hydrogen (secondary N) is 2. The number of ether oxygens (including phenoxy) is 1. The summed E-state index contributed by atoms with van der Waals surface area (Å²) in [6.07, 6.45) is 1.82. The Kier molecular flexibility index (Phi) is 5.16. The molecule has 0 saturated carbocycles. The largest absolute Gasteiger partial charge is 0.388 e. The second-order valence-corrected chi connectivity index (χ2v) is 4.58. The van der Waals surface area contributed by atoms with E-state index in [1.54, 1.807) is 7.11 Å². The van der Waals surface area contributed by atoms with Gasteiger partial charge in [-0.25, -0.2) is 0 Å². The van der Waals surface area contributed by atoms with Gasteiger partial charge in [0, 0.05) is 32.6 Å². The summed E-state index contributed by atoms with van der Waals surface area (Å²) >= 11 is 0. The number of benzene rings is 1. The number of anilines is 2. The van der Waals surface area contributed by atoms with E-state index in [1.807, 2.05) is 45.3 Å². The lowest BCUT2D eigenvalue weighted by Crippen LogP contribution is -2.23. The number of aliphatic imine (C=N–C) groups is 1. The highest BCUT2D eigenvalue weighted by Crippen LogP contribution is 2.28. The molecule has 0 amide bonds. The third-order valence-corrected chi connectivity index (χ3v) is 2.69. The number of rotatable bonds is 6. The van der Waals surface area contributed by atoms with Crippen molar-refractivity contribution in [3.8, 4) is 0 Å². The van der Waals surface area contributed by atoms with Crippen LogP contribution in [0.25, 0.3) is 0 Å². The van der Waals surface area contributed by atoms with Crippen LogP contribution >= 0.6 is 0 Å². The Labute approximate surface area is 109 Å². The normalized spacial score (nSPS) is 11.8. The Bertz CT molecular complexity index is 414. The summed E-state index contributed by atoms with van der Waals surface area (Å²) in [5.41, 5.74) is 2.62. The maximum absolute atomic E-state index is 5.33. The summed E-state index contributed by atoms with van der Waals surface area (Å²) < 4.78 is 5.33. The number of hydrogen-bond donors (Lipinski definition) is 2. The van der Waals surface area contributed by atoms with E-state index in [-0.39, 0.29) is 5.60 Å². The number of methoxy groups -OCH3 is 1. The zero-order chi connectivity index (χ0) is 13.6. The predicted molar refractivity (Wildman–Crippen MR) is 79.4 cm³/mol. The highest BCUT2D eigenvalue weighted by atomic mass is 16.5. The molecule has 0 aliphatic carbocycles. The summed E-state index contributed by atoms with van der Waals surface area (Å²) in [6, 6.07) is 6.07. The Hall–Kier alpha value is -1.55. The third-order valence-electron chi connectivity index (χ3n) is 2.69. The van der Waals surface area contributed by atoms with Gasteiger partial charge in [0.1, 0.15) is 0 Å². The summed E-state index contributed by atoms with van der Waals surface area (Å²) in [5, 5.41) is 6.41. The first-order chi connectivity index (χ1) is 8.52. The summed E-state index contributed by atoms with van der Waals surface area (Å²) in [6.45, 7) is 6.89. The van der Waals surface area contributed by atoms with Crippen LogP contribution in [0.1, 0.15) is 20.8 Å².